The van der Waals surface area contributed by atoms with E-state index < -0.39 is 0 Å². The average Bonchev–Trinajstić information content (AvgIpc) is 2.85. The van der Waals surface area contributed by atoms with Gasteiger partial charge in [0.1, 0.15) is 0 Å². The lowest BCUT2D eigenvalue weighted by atomic mass is 10.2. The number of rotatable bonds is 3. The number of hydrogen-bond acceptors (Lipinski definition) is 4. The number of hydrogen-bond donors (Lipinski definition) is 1. The fourth-order valence-electron chi connectivity index (χ4n) is 1.95. The Balaban J connectivity index is 1.76. The average molecular weight is 281 g/mol. The molecule has 0 radical (unpaired) electrons. The van der Waals surface area contributed by atoms with Gasteiger partial charge in [-0.1, -0.05) is 53.3 Å². The minimum Gasteiger partial charge on any atom is -0.253 e. The molecule has 2 aromatic carbocycles. The van der Waals surface area contributed by atoms with E-state index in [1.165, 1.54) is 15.8 Å². The molecule has 1 N–H and O–H groups in total. The predicted molar refractivity (Wildman–Crippen MR) is 86.8 cm³/mol. The molecule has 1 aromatic heterocycles. The van der Waals surface area contributed by atoms with E-state index in [1.54, 1.807) is 17.6 Å². The zero-order valence-electron chi connectivity index (χ0n) is 11.4. The zero-order valence-corrected chi connectivity index (χ0v) is 12.2. The van der Waals surface area contributed by atoms with Crippen LogP contribution < -0.4 is 5.43 Å². The Morgan fingerprint density at radius 2 is 1.90 bits per heavy atom. The Hall–Kier alpha value is -2.20. The molecule has 0 spiro atoms. The molecule has 20 heavy (non-hydrogen) atoms. The van der Waals surface area contributed by atoms with Gasteiger partial charge in [0.15, 0.2) is 0 Å². The molecule has 4 heteroatoms. The molecular formula is C16H15N3S. The highest BCUT2D eigenvalue weighted by Gasteiger charge is 2.04. The standard InChI is InChI=1S/C16H15N3S/c1-11-6-8-13(9-7-11)10-17-19-16-18-14-5-3-4-12(2)15(14)20-16/h3-10H,1-2H3,(H,18,19)/b17-10+. The molecule has 0 unspecified atom stereocenters. The van der Waals surface area contributed by atoms with Crippen LogP contribution in [0.25, 0.3) is 10.2 Å². The Kier molecular flexibility index (Phi) is 3.48. The third-order valence-electron chi connectivity index (χ3n) is 3.06. The van der Waals surface area contributed by atoms with Gasteiger partial charge < -0.3 is 0 Å². The minimum absolute atomic E-state index is 0.817. The van der Waals surface area contributed by atoms with Crippen LogP contribution in [0.2, 0.25) is 0 Å². The first-order valence-electron chi connectivity index (χ1n) is 6.44. The third-order valence-corrected chi connectivity index (χ3v) is 4.17. The third kappa shape index (κ3) is 2.70. The van der Waals surface area contributed by atoms with Crippen molar-refractivity contribution in [3.8, 4) is 0 Å². The molecule has 3 aromatic rings. The van der Waals surface area contributed by atoms with Crippen LogP contribution in [0.3, 0.4) is 0 Å². The summed E-state index contributed by atoms with van der Waals surface area (Å²) in [7, 11) is 0. The molecule has 0 bridgehead atoms. The Morgan fingerprint density at radius 3 is 2.65 bits per heavy atom. The summed E-state index contributed by atoms with van der Waals surface area (Å²) in [5.74, 6) is 0. The predicted octanol–water partition coefficient (Wildman–Crippen LogP) is 4.36. The lowest BCUT2D eigenvalue weighted by Gasteiger charge is -1.95. The van der Waals surface area contributed by atoms with Crippen molar-refractivity contribution >= 4 is 32.9 Å². The molecule has 3 rings (SSSR count). The van der Waals surface area contributed by atoms with Crippen LogP contribution in [0.15, 0.2) is 47.6 Å². The quantitative estimate of drug-likeness (QED) is 0.572. The van der Waals surface area contributed by atoms with E-state index in [2.05, 4.69) is 47.6 Å². The van der Waals surface area contributed by atoms with Crippen LogP contribution in [0.1, 0.15) is 16.7 Å². The maximum atomic E-state index is 4.51. The summed E-state index contributed by atoms with van der Waals surface area (Å²) in [5.41, 5.74) is 7.58. The van der Waals surface area contributed by atoms with Crippen LogP contribution in [0, 0.1) is 13.8 Å². The number of nitrogens with zero attached hydrogens (tertiary/aromatic N) is 2. The monoisotopic (exact) mass is 281 g/mol. The van der Waals surface area contributed by atoms with Gasteiger partial charge in [-0.3, -0.25) is 5.43 Å². The molecule has 0 aliphatic carbocycles. The van der Waals surface area contributed by atoms with Crippen molar-refractivity contribution in [1.29, 1.82) is 0 Å². The lowest BCUT2D eigenvalue weighted by molar-refractivity contribution is 1.31. The van der Waals surface area contributed by atoms with Crippen LogP contribution in [-0.2, 0) is 0 Å². The number of benzene rings is 2. The van der Waals surface area contributed by atoms with E-state index in [0.29, 0.717) is 0 Å². The van der Waals surface area contributed by atoms with E-state index >= 15 is 0 Å². The molecule has 100 valence electrons. The number of aromatic nitrogens is 1. The van der Waals surface area contributed by atoms with Crippen LogP contribution in [-0.4, -0.2) is 11.2 Å². The van der Waals surface area contributed by atoms with Crippen LogP contribution >= 0.6 is 11.3 Å². The highest BCUT2D eigenvalue weighted by atomic mass is 32.1. The molecule has 0 amide bonds. The molecule has 0 aliphatic rings. The van der Waals surface area contributed by atoms with Gasteiger partial charge in [-0.05, 0) is 31.0 Å². The van der Waals surface area contributed by atoms with Gasteiger partial charge in [-0.2, -0.15) is 5.10 Å². The second-order valence-electron chi connectivity index (χ2n) is 4.72. The van der Waals surface area contributed by atoms with Gasteiger partial charge in [0.2, 0.25) is 5.13 Å². The van der Waals surface area contributed by atoms with Crippen LogP contribution in [0.4, 0.5) is 5.13 Å². The van der Waals surface area contributed by atoms with E-state index in [-0.39, 0.29) is 0 Å². The molecule has 0 fully saturated rings. The molecule has 0 atom stereocenters. The van der Waals surface area contributed by atoms with Crippen molar-refractivity contribution in [3.05, 3.63) is 59.2 Å². The number of aryl methyl sites for hydroxylation is 2. The second kappa shape index (κ2) is 5.43. The van der Waals surface area contributed by atoms with Gasteiger partial charge in [0.25, 0.3) is 0 Å². The normalized spacial score (nSPS) is 11.3. The van der Waals surface area contributed by atoms with Crippen molar-refractivity contribution in [2.75, 3.05) is 5.43 Å². The summed E-state index contributed by atoms with van der Waals surface area (Å²) in [6.07, 6.45) is 1.80. The number of fused-ring (bicyclic) bond motifs is 1. The molecule has 3 nitrogen and oxygen atoms in total. The second-order valence-corrected chi connectivity index (χ2v) is 5.72. The fraction of sp³-hybridized carbons (Fsp3) is 0.125. The van der Waals surface area contributed by atoms with Crippen molar-refractivity contribution in [3.63, 3.8) is 0 Å². The molecule has 1 heterocycles. The van der Waals surface area contributed by atoms with E-state index in [0.717, 1.165) is 16.2 Å². The van der Waals surface area contributed by atoms with Gasteiger partial charge in [0, 0.05) is 0 Å². The first-order chi connectivity index (χ1) is 9.72. The number of anilines is 1. The first-order valence-corrected chi connectivity index (χ1v) is 7.26. The Bertz CT molecular complexity index is 757. The fourth-order valence-corrected chi connectivity index (χ4v) is 2.83. The Morgan fingerprint density at radius 1 is 1.10 bits per heavy atom. The summed E-state index contributed by atoms with van der Waals surface area (Å²) in [6, 6.07) is 14.4. The van der Waals surface area contributed by atoms with Gasteiger partial charge in [-0.15, -0.1) is 0 Å². The molecule has 0 saturated heterocycles. The maximum absolute atomic E-state index is 4.51. The number of hydrazone groups is 1. The first kappa shape index (κ1) is 12.8. The summed E-state index contributed by atoms with van der Waals surface area (Å²) in [6.45, 7) is 4.17. The van der Waals surface area contributed by atoms with E-state index in [1.807, 2.05) is 24.3 Å². The summed E-state index contributed by atoms with van der Waals surface area (Å²) >= 11 is 1.63. The molecule has 0 aliphatic heterocycles. The topological polar surface area (TPSA) is 37.3 Å². The van der Waals surface area contributed by atoms with Gasteiger partial charge >= 0.3 is 0 Å². The highest BCUT2D eigenvalue weighted by molar-refractivity contribution is 7.22. The van der Waals surface area contributed by atoms with E-state index in [9.17, 15) is 0 Å². The minimum atomic E-state index is 0.817. The van der Waals surface area contributed by atoms with E-state index in [4.69, 9.17) is 0 Å². The number of nitrogens with one attached hydrogen (secondary N) is 1. The SMILES string of the molecule is Cc1ccc(/C=N/Nc2nc3cccc(C)c3s2)cc1. The lowest BCUT2D eigenvalue weighted by Crippen LogP contribution is -1.89. The van der Waals surface area contributed by atoms with Crippen molar-refractivity contribution in [2.45, 2.75) is 13.8 Å². The van der Waals surface area contributed by atoms with Crippen molar-refractivity contribution in [1.82, 2.24) is 4.98 Å². The van der Waals surface area contributed by atoms with Crippen LogP contribution in [0.5, 0.6) is 0 Å². The van der Waals surface area contributed by atoms with Crippen molar-refractivity contribution in [2.24, 2.45) is 5.10 Å². The van der Waals surface area contributed by atoms with Gasteiger partial charge in [0.05, 0.1) is 16.4 Å². The largest absolute Gasteiger partial charge is 0.253 e. The smallest absolute Gasteiger partial charge is 0.204 e. The summed E-state index contributed by atoms with van der Waals surface area (Å²) < 4.78 is 1.21. The summed E-state index contributed by atoms with van der Waals surface area (Å²) in [4.78, 5) is 4.51. The molecule has 0 saturated carbocycles. The highest BCUT2D eigenvalue weighted by Crippen LogP contribution is 2.28. The molecular weight excluding hydrogens is 266 g/mol. The number of thiazole rings is 1. The maximum Gasteiger partial charge on any atom is 0.204 e. The van der Waals surface area contributed by atoms with Gasteiger partial charge in [-0.25, -0.2) is 4.98 Å². The summed E-state index contributed by atoms with van der Waals surface area (Å²) in [5, 5.41) is 5.06. The van der Waals surface area contributed by atoms with Crippen molar-refractivity contribution < 1.29 is 0 Å². The Labute approximate surface area is 122 Å². The zero-order chi connectivity index (χ0) is 13.9.